The highest BCUT2D eigenvalue weighted by atomic mass is 32.2. The number of rotatable bonds is 4. The number of halogens is 6. The second-order valence-electron chi connectivity index (χ2n) is 8.56. The van der Waals surface area contributed by atoms with Crippen molar-refractivity contribution >= 4 is 29.4 Å². The van der Waals surface area contributed by atoms with Gasteiger partial charge in [-0.3, -0.25) is 9.88 Å². The molecule has 0 spiro atoms. The number of carbonyl (C=O) groups is 2. The van der Waals surface area contributed by atoms with Crippen molar-refractivity contribution in [2.24, 2.45) is 0 Å². The average molecular weight is 587 g/mol. The Balaban J connectivity index is 0.000000317. The summed E-state index contributed by atoms with van der Waals surface area (Å²) >= 11 is 2.04. The van der Waals surface area contributed by atoms with Gasteiger partial charge in [-0.2, -0.15) is 38.1 Å². The lowest BCUT2D eigenvalue weighted by atomic mass is 10.0. The summed E-state index contributed by atoms with van der Waals surface area (Å²) in [7, 11) is 0. The lowest BCUT2D eigenvalue weighted by Crippen LogP contribution is -2.34. The van der Waals surface area contributed by atoms with Gasteiger partial charge in [0.25, 0.3) is 0 Å². The molecule has 2 aromatic heterocycles. The van der Waals surface area contributed by atoms with Crippen molar-refractivity contribution in [2.45, 2.75) is 44.7 Å². The first-order valence-corrected chi connectivity index (χ1v) is 12.8. The first-order chi connectivity index (χ1) is 18.2. The van der Waals surface area contributed by atoms with Gasteiger partial charge in [0, 0.05) is 61.8 Å². The van der Waals surface area contributed by atoms with Crippen molar-refractivity contribution in [3.8, 4) is 0 Å². The molecule has 0 aliphatic carbocycles. The second-order valence-corrected chi connectivity index (χ2v) is 9.78. The SMILES string of the molecule is Cc1cc(N2CCC(n3cc(CN4CCSCC4)nn3)CC2)ccn1.O=C(O)C(F)(F)F.O=C(O)C(F)(F)F. The fourth-order valence-electron chi connectivity index (χ4n) is 3.67. The largest absolute Gasteiger partial charge is 0.490 e. The van der Waals surface area contributed by atoms with Crippen LogP contribution in [0, 0.1) is 6.92 Å². The van der Waals surface area contributed by atoms with E-state index in [2.05, 4.69) is 48.1 Å². The highest BCUT2D eigenvalue weighted by Crippen LogP contribution is 2.26. The number of carboxylic acids is 2. The van der Waals surface area contributed by atoms with E-state index in [1.54, 1.807) is 0 Å². The molecular formula is C22H28F6N6O4S. The minimum absolute atomic E-state index is 0.470. The predicted octanol–water partition coefficient (Wildman–Crippen LogP) is 3.64. The minimum Gasteiger partial charge on any atom is -0.475 e. The predicted molar refractivity (Wildman–Crippen MR) is 129 cm³/mol. The third-order valence-electron chi connectivity index (χ3n) is 5.62. The third-order valence-corrected chi connectivity index (χ3v) is 6.56. The molecule has 0 bridgehead atoms. The Morgan fingerprint density at radius 2 is 1.54 bits per heavy atom. The van der Waals surface area contributed by atoms with E-state index in [1.807, 2.05) is 24.9 Å². The van der Waals surface area contributed by atoms with Crippen molar-refractivity contribution in [3.05, 3.63) is 35.9 Å². The number of alkyl halides is 6. The van der Waals surface area contributed by atoms with Crippen LogP contribution in [0.15, 0.2) is 24.5 Å². The maximum Gasteiger partial charge on any atom is 0.490 e. The molecule has 17 heteroatoms. The maximum atomic E-state index is 10.6. The van der Waals surface area contributed by atoms with E-state index in [-0.39, 0.29) is 0 Å². The van der Waals surface area contributed by atoms with E-state index in [9.17, 15) is 26.3 Å². The van der Waals surface area contributed by atoms with Gasteiger partial charge in [-0.25, -0.2) is 14.3 Å². The molecule has 4 heterocycles. The Morgan fingerprint density at radius 3 is 2.03 bits per heavy atom. The van der Waals surface area contributed by atoms with Gasteiger partial charge in [-0.05, 0) is 31.9 Å². The molecular weight excluding hydrogens is 558 g/mol. The van der Waals surface area contributed by atoms with Gasteiger partial charge < -0.3 is 15.1 Å². The van der Waals surface area contributed by atoms with E-state index in [0.717, 1.165) is 43.9 Å². The van der Waals surface area contributed by atoms with Gasteiger partial charge in [0.2, 0.25) is 0 Å². The molecule has 218 valence electrons. The van der Waals surface area contributed by atoms with Crippen LogP contribution in [0.1, 0.15) is 30.3 Å². The van der Waals surface area contributed by atoms with Crippen LogP contribution in [0.5, 0.6) is 0 Å². The summed E-state index contributed by atoms with van der Waals surface area (Å²) in [5.41, 5.74) is 3.48. The maximum absolute atomic E-state index is 10.6. The van der Waals surface area contributed by atoms with Crippen molar-refractivity contribution in [2.75, 3.05) is 42.6 Å². The Bertz CT molecular complexity index is 1050. The van der Waals surface area contributed by atoms with Crippen LogP contribution in [0.4, 0.5) is 32.0 Å². The summed E-state index contributed by atoms with van der Waals surface area (Å²) < 4.78 is 65.6. The van der Waals surface area contributed by atoms with Crippen LogP contribution in [0.3, 0.4) is 0 Å². The van der Waals surface area contributed by atoms with E-state index < -0.39 is 24.3 Å². The van der Waals surface area contributed by atoms with E-state index in [1.165, 1.54) is 30.3 Å². The summed E-state index contributed by atoms with van der Waals surface area (Å²) in [6.07, 6.45) is -3.87. The summed E-state index contributed by atoms with van der Waals surface area (Å²) in [4.78, 5) is 27.0. The van der Waals surface area contributed by atoms with Gasteiger partial charge in [-0.15, -0.1) is 5.10 Å². The second kappa shape index (κ2) is 14.3. The highest BCUT2D eigenvalue weighted by molar-refractivity contribution is 7.99. The molecule has 4 rings (SSSR count). The molecule has 0 unspecified atom stereocenters. The van der Waals surface area contributed by atoms with Gasteiger partial charge in [0.15, 0.2) is 0 Å². The Hall–Kier alpha value is -3.08. The first-order valence-electron chi connectivity index (χ1n) is 11.7. The number of piperidine rings is 1. The summed E-state index contributed by atoms with van der Waals surface area (Å²) in [5.74, 6) is -3.04. The quantitative estimate of drug-likeness (QED) is 0.513. The summed E-state index contributed by atoms with van der Waals surface area (Å²) in [5, 5.41) is 23.1. The monoisotopic (exact) mass is 586 g/mol. The molecule has 2 aliphatic rings. The van der Waals surface area contributed by atoms with Gasteiger partial charge in [0.1, 0.15) is 0 Å². The fraction of sp³-hybridized carbons (Fsp3) is 0.591. The third kappa shape index (κ3) is 11.3. The Morgan fingerprint density at radius 1 is 1.00 bits per heavy atom. The van der Waals surface area contributed by atoms with Crippen LogP contribution >= 0.6 is 11.8 Å². The normalized spacial score (nSPS) is 16.9. The van der Waals surface area contributed by atoms with E-state index >= 15 is 0 Å². The molecule has 2 aliphatic heterocycles. The summed E-state index contributed by atoms with van der Waals surface area (Å²) in [6, 6.07) is 4.75. The van der Waals surface area contributed by atoms with Crippen molar-refractivity contribution in [3.63, 3.8) is 0 Å². The molecule has 2 aromatic rings. The number of anilines is 1. The van der Waals surface area contributed by atoms with Gasteiger partial charge in [0.05, 0.1) is 17.9 Å². The zero-order chi connectivity index (χ0) is 29.2. The molecule has 0 amide bonds. The number of pyridine rings is 1. The smallest absolute Gasteiger partial charge is 0.475 e. The van der Waals surface area contributed by atoms with Crippen molar-refractivity contribution in [1.82, 2.24) is 24.9 Å². The highest BCUT2D eigenvalue weighted by Gasteiger charge is 2.38. The number of aliphatic carboxylic acids is 2. The van der Waals surface area contributed by atoms with Crippen LogP contribution in [-0.4, -0.2) is 97.1 Å². The number of hydrogen-bond acceptors (Lipinski definition) is 8. The molecule has 0 saturated carbocycles. The zero-order valence-electron chi connectivity index (χ0n) is 20.8. The Kier molecular flexibility index (Phi) is 11.8. The van der Waals surface area contributed by atoms with Crippen LogP contribution in [-0.2, 0) is 16.1 Å². The molecule has 2 N–H and O–H groups in total. The van der Waals surface area contributed by atoms with Crippen LogP contribution < -0.4 is 4.90 Å². The first kappa shape index (κ1) is 32.1. The van der Waals surface area contributed by atoms with Gasteiger partial charge >= 0.3 is 24.3 Å². The number of aromatic nitrogens is 4. The van der Waals surface area contributed by atoms with Crippen molar-refractivity contribution < 1.29 is 46.1 Å². The Labute approximate surface area is 224 Å². The lowest BCUT2D eigenvalue weighted by molar-refractivity contribution is -0.193. The molecule has 0 radical (unpaired) electrons. The van der Waals surface area contributed by atoms with E-state index in [4.69, 9.17) is 19.8 Å². The number of aryl methyl sites for hydroxylation is 1. The number of carboxylic acid groups (broad SMARTS) is 2. The topological polar surface area (TPSA) is 125 Å². The summed E-state index contributed by atoms with van der Waals surface area (Å²) in [6.45, 7) is 7.45. The molecule has 0 aromatic carbocycles. The standard InChI is InChI=1S/C18H26N6S.2C2HF3O2/c1-15-12-18(2-5-19-15)23-6-3-17(4-7-23)24-14-16(20-21-24)13-22-8-10-25-11-9-22;2*3-2(4,5)1(6)7/h2,5,12,14,17H,3-4,6-11,13H2,1H3;2*(H,6,7). The fourth-order valence-corrected chi connectivity index (χ4v) is 4.65. The van der Waals surface area contributed by atoms with Crippen molar-refractivity contribution in [1.29, 1.82) is 0 Å². The number of nitrogens with zero attached hydrogens (tertiary/aromatic N) is 6. The van der Waals surface area contributed by atoms with Crippen LogP contribution in [0.25, 0.3) is 0 Å². The molecule has 0 atom stereocenters. The zero-order valence-corrected chi connectivity index (χ0v) is 21.6. The number of thioether (sulfide) groups is 1. The molecule has 2 fully saturated rings. The molecule has 10 nitrogen and oxygen atoms in total. The minimum atomic E-state index is -5.08. The molecule has 39 heavy (non-hydrogen) atoms. The molecule has 2 saturated heterocycles. The van der Waals surface area contributed by atoms with Gasteiger partial charge in [-0.1, -0.05) is 5.21 Å². The average Bonchev–Trinajstić information content (AvgIpc) is 3.33. The lowest BCUT2D eigenvalue weighted by Gasteiger charge is -2.33. The van der Waals surface area contributed by atoms with E-state index in [0.29, 0.717) is 6.04 Å². The number of hydrogen-bond donors (Lipinski definition) is 2. The van der Waals surface area contributed by atoms with Crippen LogP contribution in [0.2, 0.25) is 0 Å².